The van der Waals surface area contributed by atoms with Gasteiger partial charge in [-0.3, -0.25) is 9.78 Å². The Hall–Kier alpha value is -4.47. The molecule has 0 aliphatic heterocycles. The van der Waals surface area contributed by atoms with Crippen LogP contribution in [0.4, 0.5) is 8.78 Å². The lowest BCUT2D eigenvalue weighted by atomic mass is 10.0. The molecule has 1 aromatic heterocycles. The number of hydrogen-bond acceptors (Lipinski definition) is 6. The minimum Gasteiger partial charge on any atom is -0.456 e. The van der Waals surface area contributed by atoms with Crippen molar-refractivity contribution in [2.75, 3.05) is 19.6 Å². The van der Waals surface area contributed by atoms with Crippen LogP contribution in [0.25, 0.3) is 11.1 Å². The molecule has 3 N–H and O–H groups in total. The van der Waals surface area contributed by atoms with Gasteiger partial charge in [-0.1, -0.05) is 44.2 Å². The van der Waals surface area contributed by atoms with E-state index in [1.807, 2.05) is 55.1 Å². The molecule has 7 nitrogen and oxygen atoms in total. The van der Waals surface area contributed by atoms with Crippen LogP contribution in [0.15, 0.2) is 91.3 Å². The van der Waals surface area contributed by atoms with Gasteiger partial charge in [0, 0.05) is 50.7 Å². The summed E-state index contributed by atoms with van der Waals surface area (Å²) in [5, 5.41) is 3.33. The Morgan fingerprint density at radius 2 is 1.52 bits per heavy atom. The van der Waals surface area contributed by atoms with E-state index in [-0.39, 0.29) is 25.3 Å². The lowest BCUT2D eigenvalue weighted by Gasteiger charge is -2.25. The van der Waals surface area contributed by atoms with Crippen molar-refractivity contribution in [1.29, 1.82) is 0 Å². The Kier molecular flexibility index (Phi) is 12.9. The molecule has 3 aromatic carbocycles. The summed E-state index contributed by atoms with van der Waals surface area (Å²) in [6.07, 6.45) is 4.66. The topological polar surface area (TPSA) is 97.5 Å². The normalized spacial score (nSPS) is 12.4. The highest BCUT2D eigenvalue weighted by atomic mass is 19.1. The Morgan fingerprint density at radius 3 is 2.22 bits per heavy atom. The minimum absolute atomic E-state index is 0.00800. The smallest absolute Gasteiger partial charge is 0.338 e. The third kappa shape index (κ3) is 10.3. The summed E-state index contributed by atoms with van der Waals surface area (Å²) < 4.78 is 33.8. The zero-order valence-corrected chi connectivity index (χ0v) is 26.4. The number of nitrogens with two attached hydrogens (primary N) is 1. The molecule has 242 valence electrons. The van der Waals surface area contributed by atoms with E-state index in [0.29, 0.717) is 36.3 Å². The van der Waals surface area contributed by atoms with Crippen LogP contribution in [0.1, 0.15) is 53.7 Å². The molecule has 46 heavy (non-hydrogen) atoms. The largest absolute Gasteiger partial charge is 0.456 e. The molecule has 0 saturated heterocycles. The molecule has 2 atom stereocenters. The van der Waals surface area contributed by atoms with E-state index in [9.17, 15) is 18.4 Å². The molecule has 0 aliphatic carbocycles. The van der Waals surface area contributed by atoms with E-state index in [2.05, 4.69) is 16.4 Å². The van der Waals surface area contributed by atoms with Crippen molar-refractivity contribution in [2.45, 2.75) is 58.2 Å². The maximum Gasteiger partial charge on any atom is 0.338 e. The number of nitrogens with one attached hydrogen (secondary N) is 1. The number of esters is 1. The van der Waals surface area contributed by atoms with Crippen LogP contribution >= 0.6 is 0 Å². The second-order valence-electron chi connectivity index (χ2n) is 11.4. The van der Waals surface area contributed by atoms with Gasteiger partial charge in [-0.05, 0) is 89.5 Å². The Bertz CT molecular complexity index is 1560. The van der Waals surface area contributed by atoms with Gasteiger partial charge in [0.2, 0.25) is 5.91 Å². The number of ether oxygens (including phenoxy) is 1. The number of carbonyl (C=O) groups is 2. The molecule has 0 fully saturated rings. The molecule has 1 amide bonds. The maximum absolute atomic E-state index is 13.9. The first-order chi connectivity index (χ1) is 22.2. The van der Waals surface area contributed by atoms with Crippen LogP contribution in [-0.2, 0) is 28.9 Å². The molecule has 0 aliphatic rings. The van der Waals surface area contributed by atoms with Gasteiger partial charge in [0.05, 0.1) is 12.0 Å². The number of aromatic nitrogens is 1. The summed E-state index contributed by atoms with van der Waals surface area (Å²) in [5.74, 6) is -1.99. The highest BCUT2D eigenvalue weighted by Gasteiger charge is 2.24. The lowest BCUT2D eigenvalue weighted by molar-refractivity contribution is -0.130. The fourth-order valence-electron chi connectivity index (χ4n) is 5.38. The van der Waals surface area contributed by atoms with Gasteiger partial charge in [-0.2, -0.15) is 0 Å². The number of carbonyl (C=O) groups excluding carboxylic acids is 2. The number of halogens is 2. The number of pyridine rings is 1. The van der Waals surface area contributed by atoms with E-state index in [0.717, 1.165) is 35.6 Å². The second kappa shape index (κ2) is 17.3. The van der Waals surface area contributed by atoms with E-state index in [1.54, 1.807) is 30.6 Å². The fraction of sp³-hybridized carbons (Fsp3) is 0.324. The van der Waals surface area contributed by atoms with Crippen molar-refractivity contribution in [3.05, 3.63) is 125 Å². The molecule has 0 saturated carbocycles. The second-order valence-corrected chi connectivity index (χ2v) is 11.4. The molecule has 4 aromatic rings. The van der Waals surface area contributed by atoms with E-state index < -0.39 is 29.7 Å². The van der Waals surface area contributed by atoms with Gasteiger partial charge in [0.15, 0.2) is 0 Å². The van der Waals surface area contributed by atoms with Crippen LogP contribution in [-0.4, -0.2) is 53.5 Å². The maximum atomic E-state index is 13.9. The summed E-state index contributed by atoms with van der Waals surface area (Å²) >= 11 is 0. The van der Waals surface area contributed by atoms with Crippen molar-refractivity contribution in [2.24, 2.45) is 5.73 Å². The van der Waals surface area contributed by atoms with Gasteiger partial charge in [-0.25, -0.2) is 13.6 Å². The summed E-state index contributed by atoms with van der Waals surface area (Å²) in [4.78, 5) is 32.3. The lowest BCUT2D eigenvalue weighted by Crippen LogP contribution is -2.46. The average molecular weight is 629 g/mol. The standard InChI is InChI=1S/C37H42F2N4O3/c1-3-15-43(16-4-2)36(44)22-26-7-5-10-31(17-26)37(45)46-35(34(40)21-28-19-32(38)23-33(39)20-28)25-42-24-27-8-6-9-30(18-27)29-11-13-41-14-12-29/h5-14,17-20,23,34-35,42H,3-4,15-16,21-22,24-25,40H2,1-2H3/t34-,35+/m0/s1. The summed E-state index contributed by atoms with van der Waals surface area (Å²) in [5.41, 5.74) is 11.0. The van der Waals surface area contributed by atoms with Crippen LogP contribution in [0, 0.1) is 11.6 Å². The number of hydrogen-bond donors (Lipinski definition) is 2. The van der Waals surface area contributed by atoms with Crippen LogP contribution in [0.2, 0.25) is 0 Å². The van der Waals surface area contributed by atoms with E-state index in [1.165, 1.54) is 12.1 Å². The van der Waals surface area contributed by atoms with Gasteiger partial charge in [0.1, 0.15) is 17.7 Å². The third-order valence-electron chi connectivity index (χ3n) is 7.60. The minimum atomic E-state index is -0.822. The van der Waals surface area contributed by atoms with E-state index >= 15 is 0 Å². The van der Waals surface area contributed by atoms with Gasteiger partial charge < -0.3 is 20.7 Å². The molecule has 1 heterocycles. The number of nitrogens with zero attached hydrogens (tertiary/aromatic N) is 2. The van der Waals surface area contributed by atoms with E-state index in [4.69, 9.17) is 10.5 Å². The van der Waals surface area contributed by atoms with Gasteiger partial charge >= 0.3 is 5.97 Å². The Labute approximate surface area is 269 Å². The highest BCUT2D eigenvalue weighted by Crippen LogP contribution is 2.20. The van der Waals surface area contributed by atoms with Crippen LogP contribution in [0.5, 0.6) is 0 Å². The monoisotopic (exact) mass is 628 g/mol. The number of amides is 1. The first-order valence-corrected chi connectivity index (χ1v) is 15.7. The first kappa shape index (κ1) is 34.4. The molecule has 0 unspecified atom stereocenters. The predicted molar refractivity (Wildman–Crippen MR) is 176 cm³/mol. The zero-order chi connectivity index (χ0) is 32.9. The van der Waals surface area contributed by atoms with Crippen LogP contribution < -0.4 is 11.1 Å². The third-order valence-corrected chi connectivity index (χ3v) is 7.60. The molecule has 0 radical (unpaired) electrons. The van der Waals surface area contributed by atoms with Gasteiger partial charge in [-0.15, -0.1) is 0 Å². The first-order valence-electron chi connectivity index (χ1n) is 15.7. The Balaban J connectivity index is 1.47. The molecular weight excluding hydrogens is 586 g/mol. The fourth-order valence-corrected chi connectivity index (χ4v) is 5.38. The average Bonchev–Trinajstić information content (AvgIpc) is 3.04. The Morgan fingerprint density at radius 1 is 0.848 bits per heavy atom. The zero-order valence-electron chi connectivity index (χ0n) is 26.4. The molecule has 9 heteroatoms. The van der Waals surface area contributed by atoms with Crippen molar-refractivity contribution in [3.63, 3.8) is 0 Å². The van der Waals surface area contributed by atoms with Crippen molar-refractivity contribution in [1.82, 2.24) is 15.2 Å². The molecule has 0 bridgehead atoms. The SMILES string of the molecule is CCCN(CCC)C(=O)Cc1cccc(C(=O)O[C@H](CNCc2cccc(-c3ccncc3)c2)[C@@H](N)Cc2cc(F)cc(F)c2)c1. The van der Waals surface area contributed by atoms with Crippen molar-refractivity contribution in [3.8, 4) is 11.1 Å². The highest BCUT2D eigenvalue weighted by molar-refractivity contribution is 5.90. The number of benzene rings is 3. The summed E-state index contributed by atoms with van der Waals surface area (Å²) in [6.45, 7) is 6.11. The van der Waals surface area contributed by atoms with Crippen molar-refractivity contribution >= 4 is 11.9 Å². The molecule has 0 spiro atoms. The molecule has 4 rings (SSSR count). The predicted octanol–water partition coefficient (Wildman–Crippen LogP) is 6.10. The van der Waals surface area contributed by atoms with Gasteiger partial charge in [0.25, 0.3) is 0 Å². The summed E-state index contributed by atoms with van der Waals surface area (Å²) in [6, 6.07) is 21.2. The quantitative estimate of drug-likeness (QED) is 0.146. The summed E-state index contributed by atoms with van der Waals surface area (Å²) in [7, 11) is 0. The number of rotatable bonds is 16. The molecular formula is C37H42F2N4O3. The van der Waals surface area contributed by atoms with Crippen LogP contribution in [0.3, 0.4) is 0 Å². The van der Waals surface area contributed by atoms with Crippen molar-refractivity contribution < 1.29 is 23.1 Å².